The Morgan fingerprint density at radius 3 is 2.80 bits per heavy atom. The van der Waals surface area contributed by atoms with Crippen LogP contribution in [0.25, 0.3) is 0 Å². The van der Waals surface area contributed by atoms with E-state index in [0.717, 1.165) is 9.37 Å². The topological polar surface area (TPSA) is 64.2 Å². The zero-order valence-corrected chi connectivity index (χ0v) is 10.3. The second kappa shape index (κ2) is 6.13. The van der Waals surface area contributed by atoms with E-state index < -0.39 is 6.10 Å². The summed E-state index contributed by atoms with van der Waals surface area (Å²) in [5.74, 6) is 0.432. The van der Waals surface area contributed by atoms with Crippen LogP contribution in [0.4, 0.5) is 0 Å². The lowest BCUT2D eigenvalue weighted by Gasteiger charge is -2.07. The third kappa shape index (κ3) is 3.84. The molecule has 0 saturated heterocycles. The van der Waals surface area contributed by atoms with Gasteiger partial charge in [-0.1, -0.05) is 0 Å². The molecule has 0 fully saturated rings. The summed E-state index contributed by atoms with van der Waals surface area (Å²) in [6.45, 7) is -0.235. The minimum atomic E-state index is -0.711. The number of thioether (sulfide) groups is 1. The number of aliphatic hydroxyl groups is 2. The predicted molar refractivity (Wildman–Crippen MR) is 62.7 cm³/mol. The molecule has 0 aromatic heterocycles. The molecular weight excluding hydrogens is 278 g/mol. The molecule has 0 radical (unpaired) electrons. The molecule has 2 N–H and O–H groups in total. The second-order valence-electron chi connectivity index (χ2n) is 2.90. The Hall–Kier alpha value is -0.540. The number of hydrogen-bond acceptors (Lipinski definition) is 4. The van der Waals surface area contributed by atoms with Crippen LogP contribution >= 0.6 is 27.7 Å². The minimum Gasteiger partial charge on any atom is -0.394 e. The van der Waals surface area contributed by atoms with Gasteiger partial charge in [0.1, 0.15) is 0 Å². The van der Waals surface area contributed by atoms with E-state index in [1.165, 1.54) is 11.8 Å². The number of nitrogens with zero attached hydrogens (tertiary/aromatic N) is 1. The minimum absolute atomic E-state index is 0.235. The molecule has 1 atom stereocenters. The fourth-order valence-electron chi connectivity index (χ4n) is 0.926. The first-order chi connectivity index (χ1) is 7.17. The Labute approximate surface area is 101 Å². The molecule has 3 nitrogen and oxygen atoms in total. The van der Waals surface area contributed by atoms with Crippen molar-refractivity contribution in [1.82, 2.24) is 0 Å². The van der Waals surface area contributed by atoms with Gasteiger partial charge in [-0.15, -0.1) is 11.8 Å². The van der Waals surface area contributed by atoms with Gasteiger partial charge in [0, 0.05) is 15.1 Å². The Kier molecular flexibility index (Phi) is 5.12. The van der Waals surface area contributed by atoms with Gasteiger partial charge >= 0.3 is 0 Å². The predicted octanol–water partition coefficient (Wildman–Crippen LogP) is 1.77. The van der Waals surface area contributed by atoms with Gasteiger partial charge in [0.25, 0.3) is 0 Å². The summed E-state index contributed by atoms with van der Waals surface area (Å²) in [5.41, 5.74) is 0.592. The molecule has 1 aromatic rings. The maximum atomic E-state index is 9.17. The van der Waals surface area contributed by atoms with E-state index in [1.807, 2.05) is 12.1 Å². The molecule has 0 aliphatic carbocycles. The molecule has 0 heterocycles. The largest absolute Gasteiger partial charge is 0.394 e. The quantitative estimate of drug-likeness (QED) is 0.829. The Bertz CT molecular complexity index is 378. The number of rotatable bonds is 4. The highest BCUT2D eigenvalue weighted by Gasteiger charge is 2.06. The van der Waals surface area contributed by atoms with Gasteiger partial charge in [-0.25, -0.2) is 0 Å². The SMILES string of the molecule is N#Cc1ccc(SCC(O)CO)c(Br)c1. The molecule has 1 aromatic carbocycles. The summed E-state index contributed by atoms with van der Waals surface area (Å²) in [6.07, 6.45) is -0.711. The molecule has 80 valence electrons. The van der Waals surface area contributed by atoms with Crippen LogP contribution in [0.15, 0.2) is 27.6 Å². The van der Waals surface area contributed by atoms with Gasteiger partial charge in [-0.2, -0.15) is 5.26 Å². The number of hydrogen-bond donors (Lipinski definition) is 2. The summed E-state index contributed by atoms with van der Waals surface area (Å²) >= 11 is 4.78. The molecule has 0 bridgehead atoms. The third-order valence-corrected chi connectivity index (χ3v) is 3.84. The first kappa shape index (κ1) is 12.5. The summed E-state index contributed by atoms with van der Waals surface area (Å²) in [6, 6.07) is 7.31. The molecule has 0 spiro atoms. The molecule has 0 aliphatic rings. The normalized spacial score (nSPS) is 12.1. The lowest BCUT2D eigenvalue weighted by Crippen LogP contribution is -2.14. The molecule has 5 heteroatoms. The molecular formula is C10H10BrNO2S. The Morgan fingerprint density at radius 1 is 1.53 bits per heavy atom. The number of nitriles is 1. The average Bonchev–Trinajstić information content (AvgIpc) is 2.26. The van der Waals surface area contributed by atoms with E-state index in [9.17, 15) is 5.11 Å². The average molecular weight is 288 g/mol. The van der Waals surface area contributed by atoms with Crippen LogP contribution in [0.1, 0.15) is 5.56 Å². The van der Waals surface area contributed by atoms with Crippen molar-refractivity contribution in [2.45, 2.75) is 11.0 Å². The van der Waals surface area contributed by atoms with Crippen molar-refractivity contribution in [2.75, 3.05) is 12.4 Å². The van der Waals surface area contributed by atoms with E-state index in [0.29, 0.717) is 11.3 Å². The van der Waals surface area contributed by atoms with Crippen molar-refractivity contribution in [3.05, 3.63) is 28.2 Å². The number of halogens is 1. The molecule has 0 saturated carbocycles. The van der Waals surface area contributed by atoms with E-state index in [4.69, 9.17) is 10.4 Å². The summed E-state index contributed by atoms with van der Waals surface area (Å²) in [5, 5.41) is 26.5. The highest BCUT2D eigenvalue weighted by Crippen LogP contribution is 2.28. The fourth-order valence-corrected chi connectivity index (χ4v) is 2.49. The summed E-state index contributed by atoms with van der Waals surface area (Å²) in [7, 11) is 0. The van der Waals surface area contributed by atoms with Crippen LogP contribution in [0.3, 0.4) is 0 Å². The van der Waals surface area contributed by atoms with E-state index in [2.05, 4.69) is 15.9 Å². The van der Waals surface area contributed by atoms with E-state index >= 15 is 0 Å². The van der Waals surface area contributed by atoms with Crippen molar-refractivity contribution in [1.29, 1.82) is 5.26 Å². The third-order valence-electron chi connectivity index (χ3n) is 1.70. The molecule has 0 aliphatic heterocycles. The van der Waals surface area contributed by atoms with Crippen molar-refractivity contribution >= 4 is 27.7 Å². The van der Waals surface area contributed by atoms with Gasteiger partial charge in [0.05, 0.1) is 24.3 Å². The highest BCUT2D eigenvalue weighted by molar-refractivity contribution is 9.10. The van der Waals surface area contributed by atoms with Gasteiger partial charge in [0.2, 0.25) is 0 Å². The van der Waals surface area contributed by atoms with Crippen LogP contribution in [0, 0.1) is 11.3 Å². The zero-order valence-electron chi connectivity index (χ0n) is 7.85. The first-order valence-corrected chi connectivity index (χ1v) is 6.06. The van der Waals surface area contributed by atoms with Crippen LogP contribution in [0.5, 0.6) is 0 Å². The smallest absolute Gasteiger partial charge is 0.0992 e. The van der Waals surface area contributed by atoms with Crippen molar-refractivity contribution in [2.24, 2.45) is 0 Å². The standard InChI is InChI=1S/C10H10BrNO2S/c11-9-3-7(4-12)1-2-10(9)15-6-8(14)5-13/h1-3,8,13-14H,5-6H2. The van der Waals surface area contributed by atoms with Gasteiger partial charge in [-0.05, 0) is 34.1 Å². The maximum Gasteiger partial charge on any atom is 0.0992 e. The van der Waals surface area contributed by atoms with Gasteiger partial charge in [-0.3, -0.25) is 0 Å². The monoisotopic (exact) mass is 287 g/mol. The lowest BCUT2D eigenvalue weighted by molar-refractivity contribution is 0.113. The fraction of sp³-hybridized carbons (Fsp3) is 0.300. The maximum absolute atomic E-state index is 9.17. The number of benzene rings is 1. The van der Waals surface area contributed by atoms with E-state index in [-0.39, 0.29) is 6.61 Å². The number of aliphatic hydroxyl groups excluding tert-OH is 2. The zero-order chi connectivity index (χ0) is 11.3. The Morgan fingerprint density at radius 2 is 2.27 bits per heavy atom. The van der Waals surface area contributed by atoms with Gasteiger partial charge in [0.15, 0.2) is 0 Å². The summed E-state index contributed by atoms with van der Waals surface area (Å²) in [4.78, 5) is 0.946. The Balaban J connectivity index is 2.67. The van der Waals surface area contributed by atoms with Crippen molar-refractivity contribution in [3.8, 4) is 6.07 Å². The van der Waals surface area contributed by atoms with Gasteiger partial charge < -0.3 is 10.2 Å². The summed E-state index contributed by atoms with van der Waals surface area (Å²) < 4.78 is 0.830. The van der Waals surface area contributed by atoms with Crippen LogP contribution in [-0.2, 0) is 0 Å². The molecule has 0 amide bonds. The van der Waals surface area contributed by atoms with Crippen molar-refractivity contribution < 1.29 is 10.2 Å². The van der Waals surface area contributed by atoms with Crippen LogP contribution in [0.2, 0.25) is 0 Å². The first-order valence-electron chi connectivity index (χ1n) is 4.28. The second-order valence-corrected chi connectivity index (χ2v) is 4.82. The lowest BCUT2D eigenvalue weighted by atomic mass is 10.2. The molecule has 15 heavy (non-hydrogen) atoms. The molecule has 1 unspecified atom stereocenters. The van der Waals surface area contributed by atoms with E-state index in [1.54, 1.807) is 12.1 Å². The van der Waals surface area contributed by atoms with Crippen LogP contribution < -0.4 is 0 Å². The van der Waals surface area contributed by atoms with Crippen molar-refractivity contribution in [3.63, 3.8) is 0 Å². The van der Waals surface area contributed by atoms with Crippen LogP contribution in [-0.4, -0.2) is 28.7 Å². The molecule has 1 rings (SSSR count). The highest BCUT2D eigenvalue weighted by atomic mass is 79.9.